The van der Waals surface area contributed by atoms with Crippen molar-refractivity contribution in [1.82, 2.24) is 5.32 Å². The van der Waals surface area contributed by atoms with Crippen LogP contribution in [0, 0.1) is 11.3 Å². The van der Waals surface area contributed by atoms with Crippen LogP contribution in [-0.4, -0.2) is 12.1 Å². The molecule has 168 valence electrons. The molecule has 0 spiro atoms. The number of nitrogens with zero attached hydrogens (tertiary/aromatic N) is 1. The highest BCUT2D eigenvalue weighted by atomic mass is 35.5. The molecule has 2 heterocycles. The minimum absolute atomic E-state index is 0.123. The quantitative estimate of drug-likeness (QED) is 0.378. The lowest BCUT2D eigenvalue weighted by Crippen LogP contribution is -2.28. The molecule has 0 saturated heterocycles. The van der Waals surface area contributed by atoms with Gasteiger partial charge < -0.3 is 9.73 Å². The molecule has 2 aromatic heterocycles. The van der Waals surface area contributed by atoms with Gasteiger partial charge in [-0.3, -0.25) is 4.79 Å². The second-order valence-electron chi connectivity index (χ2n) is 9.18. The van der Waals surface area contributed by atoms with Gasteiger partial charge in [0.1, 0.15) is 10.8 Å². The van der Waals surface area contributed by atoms with Gasteiger partial charge in [0.05, 0.1) is 23.4 Å². The predicted octanol–water partition coefficient (Wildman–Crippen LogP) is 7.48. The molecule has 0 fully saturated rings. The molecule has 1 amide bonds. The van der Waals surface area contributed by atoms with E-state index in [-0.39, 0.29) is 11.3 Å². The Balaban J connectivity index is 1.67. The van der Waals surface area contributed by atoms with Crippen molar-refractivity contribution < 1.29 is 9.21 Å². The summed E-state index contributed by atoms with van der Waals surface area (Å²) < 4.78 is 5.36. The minimum Gasteiger partial charge on any atom is -0.467 e. The van der Waals surface area contributed by atoms with Crippen LogP contribution in [0.4, 0.5) is 5.00 Å². The number of halogens is 2. The Morgan fingerprint density at radius 3 is 2.81 bits per heavy atom. The lowest BCUT2D eigenvalue weighted by atomic mass is 9.72. The fraction of sp³-hybridized carbons (Fsp3) is 0.360. The van der Waals surface area contributed by atoms with Gasteiger partial charge in [0.2, 0.25) is 0 Å². The van der Waals surface area contributed by atoms with Crippen LogP contribution in [0.3, 0.4) is 0 Å². The van der Waals surface area contributed by atoms with Crippen molar-refractivity contribution in [2.75, 3.05) is 0 Å². The molecule has 4 rings (SSSR count). The summed E-state index contributed by atoms with van der Waals surface area (Å²) in [5.74, 6) is 1.17. The SMILES string of the molecule is CC(C)(C)[C@@H]1CCc2c(sc(N=Cc3ccc(Cl)cc3Cl)c2C(=O)NCc2ccco2)C1. The highest BCUT2D eigenvalue weighted by Gasteiger charge is 2.33. The molecule has 0 saturated carbocycles. The van der Waals surface area contributed by atoms with E-state index in [4.69, 9.17) is 32.6 Å². The number of amides is 1. The van der Waals surface area contributed by atoms with E-state index >= 15 is 0 Å². The number of rotatable bonds is 5. The van der Waals surface area contributed by atoms with Gasteiger partial charge in [-0.05, 0) is 60.4 Å². The molecular formula is C25H26Cl2N2O2S. The summed E-state index contributed by atoms with van der Waals surface area (Å²) in [5.41, 5.74) is 2.79. The number of thiophene rings is 1. The highest BCUT2D eigenvalue weighted by Crippen LogP contribution is 2.45. The predicted molar refractivity (Wildman–Crippen MR) is 133 cm³/mol. The van der Waals surface area contributed by atoms with Crippen molar-refractivity contribution in [1.29, 1.82) is 0 Å². The molecule has 4 nitrogen and oxygen atoms in total. The molecule has 1 atom stereocenters. The van der Waals surface area contributed by atoms with Gasteiger partial charge in [-0.15, -0.1) is 11.3 Å². The molecule has 32 heavy (non-hydrogen) atoms. The van der Waals surface area contributed by atoms with Crippen molar-refractivity contribution in [3.63, 3.8) is 0 Å². The Morgan fingerprint density at radius 1 is 1.31 bits per heavy atom. The van der Waals surface area contributed by atoms with Crippen molar-refractivity contribution in [2.24, 2.45) is 16.3 Å². The first-order valence-electron chi connectivity index (χ1n) is 10.7. The van der Waals surface area contributed by atoms with Crippen LogP contribution in [0.1, 0.15) is 59.3 Å². The summed E-state index contributed by atoms with van der Waals surface area (Å²) in [7, 11) is 0. The van der Waals surface area contributed by atoms with Gasteiger partial charge >= 0.3 is 0 Å². The van der Waals surface area contributed by atoms with E-state index < -0.39 is 0 Å². The first-order chi connectivity index (χ1) is 15.2. The van der Waals surface area contributed by atoms with Crippen molar-refractivity contribution in [2.45, 2.75) is 46.6 Å². The molecule has 0 radical (unpaired) electrons. The number of nitrogens with one attached hydrogen (secondary N) is 1. The van der Waals surface area contributed by atoms with Gasteiger partial charge in [-0.2, -0.15) is 0 Å². The van der Waals surface area contributed by atoms with E-state index in [9.17, 15) is 4.79 Å². The Labute approximate surface area is 202 Å². The fourth-order valence-corrected chi connectivity index (χ4v) is 5.77. The van der Waals surface area contributed by atoms with Crippen LogP contribution in [0.5, 0.6) is 0 Å². The van der Waals surface area contributed by atoms with E-state index in [1.807, 2.05) is 18.2 Å². The third-order valence-electron chi connectivity index (χ3n) is 5.99. The monoisotopic (exact) mass is 488 g/mol. The van der Waals surface area contributed by atoms with E-state index in [2.05, 4.69) is 26.1 Å². The standard InChI is InChI=1S/C25H26Cl2N2O2S/c1-25(2,3)16-7-9-19-21(11-16)32-24(29-13-15-6-8-17(26)12-20(15)27)22(19)23(30)28-14-18-5-4-10-31-18/h4-6,8,10,12-13,16H,7,9,11,14H2,1-3H3,(H,28,30)/t16-/m1/s1. The van der Waals surface area contributed by atoms with E-state index in [1.54, 1.807) is 35.9 Å². The maximum Gasteiger partial charge on any atom is 0.255 e. The Hall–Kier alpha value is -2.08. The first-order valence-corrected chi connectivity index (χ1v) is 12.2. The molecule has 1 aromatic carbocycles. The molecule has 0 bridgehead atoms. The lowest BCUT2D eigenvalue weighted by molar-refractivity contribution is 0.0947. The number of furan rings is 1. The third kappa shape index (κ3) is 5.11. The summed E-state index contributed by atoms with van der Waals surface area (Å²) in [6.07, 6.45) is 6.23. The smallest absolute Gasteiger partial charge is 0.255 e. The molecule has 0 aliphatic heterocycles. The normalized spacial score (nSPS) is 16.3. The molecule has 3 aromatic rings. The zero-order chi connectivity index (χ0) is 22.9. The first kappa shape index (κ1) is 23.1. The van der Waals surface area contributed by atoms with E-state index in [1.165, 1.54) is 4.88 Å². The number of aliphatic imine (C=N–C) groups is 1. The molecule has 7 heteroatoms. The van der Waals surface area contributed by atoms with Crippen LogP contribution >= 0.6 is 34.5 Å². The van der Waals surface area contributed by atoms with Gasteiger partial charge in [-0.1, -0.05) is 50.0 Å². The van der Waals surface area contributed by atoms with Crippen molar-refractivity contribution in [3.8, 4) is 0 Å². The zero-order valence-corrected chi connectivity index (χ0v) is 20.7. The molecule has 1 aliphatic rings. The van der Waals surface area contributed by atoms with E-state index in [0.29, 0.717) is 38.8 Å². The van der Waals surface area contributed by atoms with E-state index in [0.717, 1.165) is 30.4 Å². The Bertz CT molecular complexity index is 1140. The topological polar surface area (TPSA) is 54.6 Å². The van der Waals surface area contributed by atoms with Crippen LogP contribution in [0.2, 0.25) is 10.0 Å². The van der Waals surface area contributed by atoms with Crippen LogP contribution in [-0.2, 0) is 19.4 Å². The number of fused-ring (bicyclic) bond motifs is 1. The second kappa shape index (κ2) is 9.42. The summed E-state index contributed by atoms with van der Waals surface area (Å²) >= 11 is 13.9. The summed E-state index contributed by atoms with van der Waals surface area (Å²) in [6.45, 7) is 7.20. The minimum atomic E-state index is -0.123. The molecule has 0 unspecified atom stereocenters. The largest absolute Gasteiger partial charge is 0.467 e. The van der Waals surface area contributed by atoms with Crippen LogP contribution in [0.25, 0.3) is 0 Å². The number of carbonyl (C=O) groups excluding carboxylic acids is 1. The number of carbonyl (C=O) groups is 1. The van der Waals surface area contributed by atoms with Gasteiger partial charge in [0.15, 0.2) is 0 Å². The maximum atomic E-state index is 13.2. The van der Waals surface area contributed by atoms with Gasteiger partial charge in [-0.25, -0.2) is 4.99 Å². The van der Waals surface area contributed by atoms with Crippen LogP contribution < -0.4 is 5.32 Å². The molecule has 1 N–H and O–H groups in total. The molecular weight excluding hydrogens is 463 g/mol. The maximum absolute atomic E-state index is 13.2. The average molecular weight is 489 g/mol. The third-order valence-corrected chi connectivity index (χ3v) is 7.71. The summed E-state index contributed by atoms with van der Waals surface area (Å²) in [6, 6.07) is 8.95. The van der Waals surface area contributed by atoms with Gasteiger partial charge in [0, 0.05) is 21.7 Å². The number of benzene rings is 1. The van der Waals surface area contributed by atoms with Crippen LogP contribution in [0.15, 0.2) is 46.0 Å². The Morgan fingerprint density at radius 2 is 2.12 bits per heavy atom. The Kier molecular flexibility index (Phi) is 6.80. The lowest BCUT2D eigenvalue weighted by Gasteiger charge is -2.33. The van der Waals surface area contributed by atoms with Crippen molar-refractivity contribution in [3.05, 3.63) is 74.0 Å². The fourth-order valence-electron chi connectivity index (χ4n) is 4.04. The summed E-state index contributed by atoms with van der Waals surface area (Å²) in [4.78, 5) is 19.2. The highest BCUT2D eigenvalue weighted by molar-refractivity contribution is 7.16. The second-order valence-corrected chi connectivity index (χ2v) is 11.1. The zero-order valence-electron chi connectivity index (χ0n) is 18.4. The van der Waals surface area contributed by atoms with Gasteiger partial charge in [0.25, 0.3) is 5.91 Å². The average Bonchev–Trinajstić information content (AvgIpc) is 3.37. The van der Waals surface area contributed by atoms with Crippen molar-refractivity contribution >= 4 is 51.7 Å². The number of hydrogen-bond donors (Lipinski definition) is 1. The number of hydrogen-bond acceptors (Lipinski definition) is 4. The molecule has 1 aliphatic carbocycles. The summed E-state index contributed by atoms with van der Waals surface area (Å²) in [5, 5.41) is 4.81.